The van der Waals surface area contributed by atoms with Crippen LogP contribution in [0.3, 0.4) is 0 Å². The highest BCUT2D eigenvalue weighted by atomic mass is 16.5. The molecule has 5 heteroatoms. The largest absolute Gasteiger partial charge is 0.493 e. The molecular weight excluding hydrogens is 352 g/mol. The Bertz CT molecular complexity index is 840. The van der Waals surface area contributed by atoms with Gasteiger partial charge in [0.1, 0.15) is 0 Å². The fourth-order valence-electron chi connectivity index (χ4n) is 4.11. The smallest absolute Gasteiger partial charge is 0.241 e. The van der Waals surface area contributed by atoms with E-state index >= 15 is 0 Å². The number of anilines is 1. The molecule has 0 bridgehead atoms. The van der Waals surface area contributed by atoms with Crippen molar-refractivity contribution >= 4 is 11.6 Å². The monoisotopic (exact) mass is 382 g/mol. The molecule has 28 heavy (non-hydrogen) atoms. The number of benzene rings is 2. The van der Waals surface area contributed by atoms with E-state index in [2.05, 4.69) is 29.3 Å². The van der Waals surface area contributed by atoms with E-state index in [9.17, 15) is 4.79 Å². The second kappa shape index (κ2) is 8.65. The van der Waals surface area contributed by atoms with Gasteiger partial charge in [0.2, 0.25) is 5.91 Å². The molecule has 0 radical (unpaired) electrons. The summed E-state index contributed by atoms with van der Waals surface area (Å²) < 4.78 is 10.7. The fraction of sp³-hybridized carbons (Fsp3) is 0.435. The third-order valence-corrected chi connectivity index (χ3v) is 5.43. The molecule has 1 atom stereocenters. The van der Waals surface area contributed by atoms with Crippen LogP contribution in [0.15, 0.2) is 30.3 Å². The average Bonchev–Trinajstić information content (AvgIpc) is 3.12. The number of ether oxygens (including phenoxy) is 2. The first-order valence-electron chi connectivity index (χ1n) is 9.76. The Morgan fingerprint density at radius 3 is 2.39 bits per heavy atom. The molecule has 5 nitrogen and oxygen atoms in total. The van der Waals surface area contributed by atoms with E-state index in [4.69, 9.17) is 9.47 Å². The molecule has 150 valence electrons. The second-order valence-corrected chi connectivity index (χ2v) is 7.58. The van der Waals surface area contributed by atoms with Gasteiger partial charge in [0.05, 0.1) is 20.3 Å². The predicted octanol–water partition coefficient (Wildman–Crippen LogP) is 4.23. The Hall–Kier alpha value is -2.53. The normalized spacial score (nSPS) is 16.8. The molecule has 1 heterocycles. The summed E-state index contributed by atoms with van der Waals surface area (Å²) in [7, 11) is 3.27. The van der Waals surface area contributed by atoms with E-state index < -0.39 is 0 Å². The summed E-state index contributed by atoms with van der Waals surface area (Å²) >= 11 is 0. The van der Waals surface area contributed by atoms with E-state index in [1.165, 1.54) is 5.56 Å². The lowest BCUT2D eigenvalue weighted by molar-refractivity contribution is -0.120. The summed E-state index contributed by atoms with van der Waals surface area (Å²) in [6.45, 7) is 7.80. The van der Waals surface area contributed by atoms with Crippen LogP contribution in [0, 0.1) is 20.8 Å². The first-order valence-corrected chi connectivity index (χ1v) is 9.76. The van der Waals surface area contributed by atoms with Crippen LogP contribution < -0.4 is 14.8 Å². The van der Waals surface area contributed by atoms with Gasteiger partial charge in [-0.25, -0.2) is 0 Å². The van der Waals surface area contributed by atoms with Crippen LogP contribution in [0.5, 0.6) is 11.5 Å². The van der Waals surface area contributed by atoms with E-state index in [1.54, 1.807) is 14.2 Å². The lowest BCUT2D eigenvalue weighted by Gasteiger charge is -2.25. The number of hydrogen-bond donors (Lipinski definition) is 1. The Kier molecular flexibility index (Phi) is 6.25. The van der Waals surface area contributed by atoms with Crippen LogP contribution in [0.2, 0.25) is 0 Å². The number of hydrogen-bond acceptors (Lipinski definition) is 4. The van der Waals surface area contributed by atoms with Gasteiger partial charge in [-0.3, -0.25) is 9.69 Å². The predicted molar refractivity (Wildman–Crippen MR) is 112 cm³/mol. The van der Waals surface area contributed by atoms with E-state index in [0.29, 0.717) is 18.0 Å². The highest BCUT2D eigenvalue weighted by Crippen LogP contribution is 2.30. The number of aryl methyl sites for hydroxylation is 3. The third kappa shape index (κ3) is 4.30. The van der Waals surface area contributed by atoms with Crippen LogP contribution >= 0.6 is 0 Å². The molecule has 1 aliphatic heterocycles. The minimum absolute atomic E-state index is 0.0769. The zero-order valence-corrected chi connectivity index (χ0v) is 17.5. The Morgan fingerprint density at radius 1 is 1.07 bits per heavy atom. The van der Waals surface area contributed by atoms with Gasteiger partial charge in [-0.1, -0.05) is 23.8 Å². The molecule has 0 saturated carbocycles. The van der Waals surface area contributed by atoms with Crippen molar-refractivity contribution in [1.82, 2.24) is 4.90 Å². The topological polar surface area (TPSA) is 50.8 Å². The van der Waals surface area contributed by atoms with Crippen molar-refractivity contribution in [2.45, 2.75) is 46.2 Å². The van der Waals surface area contributed by atoms with E-state index in [-0.39, 0.29) is 11.9 Å². The molecular formula is C23H30N2O3. The maximum Gasteiger partial charge on any atom is 0.241 e. The maximum atomic E-state index is 13.0. The minimum Gasteiger partial charge on any atom is -0.493 e. The first kappa shape index (κ1) is 20.2. The Balaban J connectivity index is 1.73. The molecule has 1 N–H and O–H groups in total. The summed E-state index contributed by atoms with van der Waals surface area (Å²) in [6, 6.07) is 10.0. The summed E-state index contributed by atoms with van der Waals surface area (Å²) in [5.41, 5.74) is 5.48. The van der Waals surface area contributed by atoms with Gasteiger partial charge in [-0.2, -0.15) is 0 Å². The summed E-state index contributed by atoms with van der Waals surface area (Å²) in [6.07, 6.45) is 1.90. The van der Waals surface area contributed by atoms with Crippen molar-refractivity contribution in [2.24, 2.45) is 0 Å². The molecule has 1 fully saturated rings. The molecule has 1 aliphatic rings. The summed E-state index contributed by atoms with van der Waals surface area (Å²) in [4.78, 5) is 15.3. The molecule has 1 amide bonds. The lowest BCUT2D eigenvalue weighted by atomic mass is 10.0. The van der Waals surface area contributed by atoms with Gasteiger partial charge in [-0.15, -0.1) is 0 Å². The Labute approximate surface area is 167 Å². The first-order chi connectivity index (χ1) is 13.4. The molecule has 1 unspecified atom stereocenters. The molecule has 2 aromatic carbocycles. The number of methoxy groups -OCH3 is 2. The van der Waals surface area contributed by atoms with Gasteiger partial charge in [-0.05, 0) is 69.0 Å². The SMILES string of the molecule is COc1ccc(CN2CCCC2C(=O)Nc2c(C)cc(C)cc2C)cc1OC. The van der Waals surface area contributed by atoms with Gasteiger partial charge >= 0.3 is 0 Å². The molecule has 0 aromatic heterocycles. The van der Waals surface area contributed by atoms with Gasteiger partial charge in [0.25, 0.3) is 0 Å². The number of nitrogens with one attached hydrogen (secondary N) is 1. The van der Waals surface area contributed by atoms with Gasteiger partial charge in [0, 0.05) is 12.2 Å². The number of carbonyl (C=O) groups excluding carboxylic acids is 1. The second-order valence-electron chi connectivity index (χ2n) is 7.58. The van der Waals surface area contributed by atoms with Crippen molar-refractivity contribution in [3.63, 3.8) is 0 Å². The number of amides is 1. The fourth-order valence-corrected chi connectivity index (χ4v) is 4.11. The summed E-state index contributed by atoms with van der Waals surface area (Å²) in [5, 5.41) is 3.18. The van der Waals surface area contributed by atoms with Crippen LogP contribution in [0.1, 0.15) is 35.1 Å². The number of rotatable bonds is 6. The molecule has 2 aromatic rings. The van der Waals surface area contributed by atoms with Gasteiger partial charge < -0.3 is 14.8 Å². The van der Waals surface area contributed by atoms with Crippen LogP contribution in [-0.4, -0.2) is 37.6 Å². The maximum absolute atomic E-state index is 13.0. The number of carbonyl (C=O) groups is 1. The number of nitrogens with zero attached hydrogens (tertiary/aromatic N) is 1. The molecule has 3 rings (SSSR count). The van der Waals surface area contributed by atoms with Crippen molar-refractivity contribution in [2.75, 3.05) is 26.1 Å². The minimum atomic E-state index is -0.117. The quantitative estimate of drug-likeness (QED) is 0.812. The zero-order valence-electron chi connectivity index (χ0n) is 17.5. The van der Waals surface area contributed by atoms with Crippen molar-refractivity contribution < 1.29 is 14.3 Å². The Morgan fingerprint density at radius 2 is 1.75 bits per heavy atom. The van der Waals surface area contributed by atoms with Crippen LogP contribution in [-0.2, 0) is 11.3 Å². The highest BCUT2D eigenvalue weighted by Gasteiger charge is 2.31. The van der Waals surface area contributed by atoms with Crippen LogP contribution in [0.25, 0.3) is 0 Å². The zero-order chi connectivity index (χ0) is 20.3. The molecule has 0 aliphatic carbocycles. The van der Waals surface area contributed by atoms with Crippen LogP contribution in [0.4, 0.5) is 5.69 Å². The highest BCUT2D eigenvalue weighted by molar-refractivity contribution is 5.96. The molecule has 0 spiro atoms. The van der Waals surface area contributed by atoms with Crippen molar-refractivity contribution in [1.29, 1.82) is 0 Å². The van der Waals surface area contributed by atoms with Crippen molar-refractivity contribution in [3.8, 4) is 11.5 Å². The lowest BCUT2D eigenvalue weighted by Crippen LogP contribution is -2.39. The number of likely N-dealkylation sites (tertiary alicyclic amines) is 1. The standard InChI is InChI=1S/C23H30N2O3/c1-15-11-16(2)22(17(3)12-15)24-23(26)19-7-6-10-25(19)14-18-8-9-20(27-4)21(13-18)28-5/h8-9,11-13,19H,6-7,10,14H2,1-5H3,(H,24,26). The van der Waals surface area contributed by atoms with E-state index in [0.717, 1.165) is 41.8 Å². The third-order valence-electron chi connectivity index (χ3n) is 5.43. The van der Waals surface area contributed by atoms with Crippen molar-refractivity contribution in [3.05, 3.63) is 52.6 Å². The molecule has 1 saturated heterocycles. The van der Waals surface area contributed by atoms with Gasteiger partial charge in [0.15, 0.2) is 11.5 Å². The van der Waals surface area contributed by atoms with E-state index in [1.807, 2.05) is 32.0 Å². The average molecular weight is 383 g/mol. The summed E-state index contributed by atoms with van der Waals surface area (Å²) in [5.74, 6) is 1.51.